The third kappa shape index (κ3) is 4.12. The Morgan fingerprint density at radius 1 is 1.14 bits per heavy atom. The van der Waals surface area contributed by atoms with Crippen molar-refractivity contribution in [3.8, 4) is 5.75 Å². The van der Waals surface area contributed by atoms with Gasteiger partial charge in [-0.1, -0.05) is 11.6 Å². The normalized spacial score (nSPS) is 11.2. The molecule has 21 heavy (non-hydrogen) atoms. The number of methoxy groups -OCH3 is 1. The SMILES string of the molecule is COc1ccc(Cl)cc1CNc1ccc(S(C)(=O)=O)cc1. The summed E-state index contributed by atoms with van der Waals surface area (Å²) in [6, 6.07) is 12.0. The number of ether oxygens (including phenoxy) is 1. The predicted molar refractivity (Wildman–Crippen MR) is 84.9 cm³/mol. The Kier molecular flexibility index (Phi) is 4.75. The fraction of sp³-hybridized carbons (Fsp3) is 0.200. The summed E-state index contributed by atoms with van der Waals surface area (Å²) in [6.45, 7) is 0.530. The molecular formula is C15H16ClNO3S. The molecule has 0 atom stereocenters. The molecular weight excluding hydrogens is 310 g/mol. The van der Waals surface area contributed by atoms with Crippen LogP contribution in [-0.2, 0) is 16.4 Å². The summed E-state index contributed by atoms with van der Waals surface area (Å²) in [4.78, 5) is 0.299. The van der Waals surface area contributed by atoms with Gasteiger partial charge in [0.25, 0.3) is 0 Å². The molecule has 2 aromatic rings. The van der Waals surface area contributed by atoms with Crippen molar-refractivity contribution in [2.45, 2.75) is 11.4 Å². The fourth-order valence-electron chi connectivity index (χ4n) is 1.90. The van der Waals surface area contributed by atoms with Gasteiger partial charge in [0, 0.05) is 29.1 Å². The van der Waals surface area contributed by atoms with E-state index in [2.05, 4.69) is 5.32 Å². The minimum absolute atomic E-state index is 0.299. The number of rotatable bonds is 5. The Morgan fingerprint density at radius 3 is 2.38 bits per heavy atom. The zero-order chi connectivity index (χ0) is 15.5. The number of hydrogen-bond donors (Lipinski definition) is 1. The summed E-state index contributed by atoms with van der Waals surface area (Å²) in [5.41, 5.74) is 1.75. The first-order valence-electron chi connectivity index (χ1n) is 6.26. The zero-order valence-corrected chi connectivity index (χ0v) is 13.3. The molecule has 0 spiro atoms. The zero-order valence-electron chi connectivity index (χ0n) is 11.8. The lowest BCUT2D eigenvalue weighted by Crippen LogP contribution is -2.02. The highest BCUT2D eigenvalue weighted by Crippen LogP contribution is 2.24. The Morgan fingerprint density at radius 2 is 1.81 bits per heavy atom. The molecule has 2 rings (SSSR count). The molecule has 0 saturated heterocycles. The van der Waals surface area contributed by atoms with E-state index < -0.39 is 9.84 Å². The lowest BCUT2D eigenvalue weighted by atomic mass is 10.2. The average Bonchev–Trinajstić information content (AvgIpc) is 2.45. The Labute approximate surface area is 129 Å². The first-order valence-corrected chi connectivity index (χ1v) is 8.53. The van der Waals surface area contributed by atoms with Gasteiger partial charge in [-0.2, -0.15) is 0 Å². The molecule has 0 aliphatic heterocycles. The van der Waals surface area contributed by atoms with Gasteiger partial charge in [-0.05, 0) is 42.5 Å². The Balaban J connectivity index is 2.12. The molecule has 6 heteroatoms. The van der Waals surface area contributed by atoms with E-state index in [1.807, 2.05) is 12.1 Å². The number of sulfone groups is 1. The number of halogens is 1. The highest BCUT2D eigenvalue weighted by molar-refractivity contribution is 7.90. The van der Waals surface area contributed by atoms with Crippen molar-refractivity contribution in [3.63, 3.8) is 0 Å². The third-order valence-electron chi connectivity index (χ3n) is 3.01. The van der Waals surface area contributed by atoms with Gasteiger partial charge in [-0.3, -0.25) is 0 Å². The Bertz CT molecular complexity index is 727. The van der Waals surface area contributed by atoms with Gasteiger partial charge in [0.05, 0.1) is 12.0 Å². The van der Waals surface area contributed by atoms with E-state index in [1.54, 1.807) is 37.4 Å². The van der Waals surface area contributed by atoms with Crippen molar-refractivity contribution < 1.29 is 13.2 Å². The summed E-state index contributed by atoms with van der Waals surface area (Å²) in [6.07, 6.45) is 1.19. The molecule has 0 bridgehead atoms. The second kappa shape index (κ2) is 6.37. The topological polar surface area (TPSA) is 55.4 Å². The molecule has 0 aliphatic rings. The van der Waals surface area contributed by atoms with Crippen LogP contribution in [0.2, 0.25) is 5.02 Å². The van der Waals surface area contributed by atoms with Gasteiger partial charge >= 0.3 is 0 Å². The van der Waals surface area contributed by atoms with Crippen LogP contribution in [0.3, 0.4) is 0 Å². The molecule has 0 aliphatic carbocycles. The summed E-state index contributed by atoms with van der Waals surface area (Å²) in [7, 11) is -1.56. The molecule has 4 nitrogen and oxygen atoms in total. The van der Waals surface area contributed by atoms with Crippen LogP contribution in [0, 0.1) is 0 Å². The van der Waals surface area contributed by atoms with Crippen molar-refractivity contribution >= 4 is 27.1 Å². The summed E-state index contributed by atoms with van der Waals surface area (Å²) < 4.78 is 28.1. The molecule has 0 saturated carbocycles. The van der Waals surface area contributed by atoms with Gasteiger partial charge in [0.2, 0.25) is 0 Å². The maximum Gasteiger partial charge on any atom is 0.175 e. The lowest BCUT2D eigenvalue weighted by Gasteiger charge is -2.11. The molecule has 0 fully saturated rings. The van der Waals surface area contributed by atoms with E-state index in [4.69, 9.17) is 16.3 Å². The Hall–Kier alpha value is -1.72. The van der Waals surface area contributed by atoms with E-state index in [0.29, 0.717) is 16.5 Å². The van der Waals surface area contributed by atoms with E-state index >= 15 is 0 Å². The standard InChI is InChI=1S/C15H16ClNO3S/c1-20-15-8-3-12(16)9-11(15)10-17-13-4-6-14(7-5-13)21(2,18)19/h3-9,17H,10H2,1-2H3. The summed E-state index contributed by atoms with van der Waals surface area (Å²) in [5, 5.41) is 3.85. The van der Waals surface area contributed by atoms with E-state index in [0.717, 1.165) is 17.0 Å². The lowest BCUT2D eigenvalue weighted by molar-refractivity contribution is 0.410. The van der Waals surface area contributed by atoms with Crippen LogP contribution in [0.4, 0.5) is 5.69 Å². The van der Waals surface area contributed by atoms with E-state index in [1.165, 1.54) is 6.26 Å². The number of anilines is 1. The smallest absolute Gasteiger partial charge is 0.175 e. The highest BCUT2D eigenvalue weighted by Gasteiger charge is 2.07. The fourth-order valence-corrected chi connectivity index (χ4v) is 2.73. The monoisotopic (exact) mass is 325 g/mol. The maximum atomic E-state index is 11.4. The maximum absolute atomic E-state index is 11.4. The first-order chi connectivity index (χ1) is 9.90. The second-order valence-corrected chi connectivity index (χ2v) is 7.06. The summed E-state index contributed by atoms with van der Waals surface area (Å²) >= 11 is 5.98. The number of hydrogen-bond acceptors (Lipinski definition) is 4. The van der Waals surface area contributed by atoms with Crippen LogP contribution in [0.25, 0.3) is 0 Å². The van der Waals surface area contributed by atoms with Crippen LogP contribution in [0.15, 0.2) is 47.4 Å². The van der Waals surface area contributed by atoms with Crippen molar-refractivity contribution in [3.05, 3.63) is 53.1 Å². The van der Waals surface area contributed by atoms with Crippen LogP contribution in [0.1, 0.15) is 5.56 Å². The molecule has 1 N–H and O–H groups in total. The molecule has 2 aromatic carbocycles. The first kappa shape index (κ1) is 15.7. The largest absolute Gasteiger partial charge is 0.496 e. The second-order valence-electron chi connectivity index (χ2n) is 4.61. The van der Waals surface area contributed by atoms with E-state index in [9.17, 15) is 8.42 Å². The molecule has 0 unspecified atom stereocenters. The van der Waals surface area contributed by atoms with Crippen molar-refractivity contribution in [2.24, 2.45) is 0 Å². The van der Waals surface area contributed by atoms with Gasteiger partial charge in [0.15, 0.2) is 9.84 Å². The molecule has 0 heterocycles. The highest BCUT2D eigenvalue weighted by atomic mass is 35.5. The average molecular weight is 326 g/mol. The molecule has 112 valence electrons. The number of nitrogens with one attached hydrogen (secondary N) is 1. The van der Waals surface area contributed by atoms with Crippen LogP contribution < -0.4 is 10.1 Å². The van der Waals surface area contributed by atoms with Crippen LogP contribution in [-0.4, -0.2) is 21.8 Å². The minimum Gasteiger partial charge on any atom is -0.496 e. The van der Waals surface area contributed by atoms with Crippen LogP contribution in [0.5, 0.6) is 5.75 Å². The van der Waals surface area contributed by atoms with Crippen molar-refractivity contribution in [1.29, 1.82) is 0 Å². The quantitative estimate of drug-likeness (QED) is 0.915. The summed E-state index contributed by atoms with van der Waals surface area (Å²) in [5.74, 6) is 0.750. The van der Waals surface area contributed by atoms with Crippen molar-refractivity contribution in [1.82, 2.24) is 0 Å². The predicted octanol–water partition coefficient (Wildman–Crippen LogP) is 3.36. The van der Waals surface area contributed by atoms with Gasteiger partial charge < -0.3 is 10.1 Å². The van der Waals surface area contributed by atoms with E-state index in [-0.39, 0.29) is 0 Å². The third-order valence-corrected chi connectivity index (χ3v) is 4.37. The van der Waals surface area contributed by atoms with Crippen molar-refractivity contribution in [2.75, 3.05) is 18.7 Å². The molecule has 0 amide bonds. The van der Waals surface area contributed by atoms with Crippen LogP contribution >= 0.6 is 11.6 Å². The number of benzene rings is 2. The van der Waals surface area contributed by atoms with Gasteiger partial charge in [-0.15, -0.1) is 0 Å². The van der Waals surface area contributed by atoms with Gasteiger partial charge in [-0.25, -0.2) is 8.42 Å². The molecule has 0 aromatic heterocycles. The van der Waals surface area contributed by atoms with Gasteiger partial charge in [0.1, 0.15) is 5.75 Å². The molecule has 0 radical (unpaired) electrons. The minimum atomic E-state index is -3.17.